The summed E-state index contributed by atoms with van der Waals surface area (Å²) in [4.78, 5) is 38.7. The zero-order chi connectivity index (χ0) is 22.4. The molecule has 1 aromatic heterocycles. The molecule has 3 rings (SSSR count). The van der Waals surface area contributed by atoms with Crippen LogP contribution in [0, 0.1) is 0 Å². The Hall–Kier alpha value is -3.10. The van der Waals surface area contributed by atoms with Crippen LogP contribution in [0.2, 0.25) is 10.0 Å². The maximum absolute atomic E-state index is 12.8. The maximum atomic E-state index is 12.8. The minimum absolute atomic E-state index is 0.119. The van der Waals surface area contributed by atoms with E-state index in [1.807, 2.05) is 13.0 Å². The van der Waals surface area contributed by atoms with E-state index < -0.39 is 17.6 Å². The second kappa shape index (κ2) is 10.3. The van der Waals surface area contributed by atoms with Gasteiger partial charge >= 0.3 is 5.76 Å². The van der Waals surface area contributed by atoms with Gasteiger partial charge in [0.25, 0.3) is 0 Å². The molecular formula is C21H20Cl2N4O4. The number of hydrogen-bond donors (Lipinski definition) is 1. The summed E-state index contributed by atoms with van der Waals surface area (Å²) in [5, 5.41) is 7.48. The number of halogens is 2. The molecule has 0 saturated heterocycles. The summed E-state index contributed by atoms with van der Waals surface area (Å²) in [6.45, 7) is 1.64. The molecule has 8 nitrogen and oxygen atoms in total. The normalized spacial score (nSPS) is 10.7. The Labute approximate surface area is 188 Å². The van der Waals surface area contributed by atoms with Crippen molar-refractivity contribution in [3.05, 3.63) is 69.1 Å². The molecule has 1 N–H and O–H groups in total. The van der Waals surface area contributed by atoms with Crippen molar-refractivity contribution in [1.29, 1.82) is 0 Å². The van der Waals surface area contributed by atoms with E-state index in [-0.39, 0.29) is 19.0 Å². The number of nitrogens with one attached hydrogen (secondary N) is 1. The van der Waals surface area contributed by atoms with Gasteiger partial charge in [0.2, 0.25) is 17.7 Å². The highest BCUT2D eigenvalue weighted by Gasteiger charge is 2.20. The number of amides is 2. The third-order valence-corrected chi connectivity index (χ3v) is 4.86. The maximum Gasteiger partial charge on any atom is 0.437 e. The third-order valence-electron chi connectivity index (χ3n) is 4.30. The smallest absolute Gasteiger partial charge is 0.388 e. The second-order valence-corrected chi connectivity index (χ2v) is 7.53. The predicted octanol–water partition coefficient (Wildman–Crippen LogP) is 3.69. The Balaban J connectivity index is 1.69. The monoisotopic (exact) mass is 462 g/mol. The first-order valence-corrected chi connectivity index (χ1v) is 10.3. The van der Waals surface area contributed by atoms with Crippen molar-refractivity contribution in [3.8, 4) is 11.5 Å². The van der Waals surface area contributed by atoms with Crippen LogP contribution in [0.4, 0.5) is 5.69 Å². The fourth-order valence-electron chi connectivity index (χ4n) is 2.85. The van der Waals surface area contributed by atoms with E-state index in [0.717, 1.165) is 4.68 Å². The molecule has 0 saturated carbocycles. The highest BCUT2D eigenvalue weighted by Crippen LogP contribution is 2.25. The molecule has 31 heavy (non-hydrogen) atoms. The molecule has 162 valence electrons. The summed E-state index contributed by atoms with van der Waals surface area (Å²) < 4.78 is 6.09. The zero-order valence-electron chi connectivity index (χ0n) is 16.7. The van der Waals surface area contributed by atoms with E-state index in [2.05, 4.69) is 10.4 Å². The number of aromatic nitrogens is 2. The van der Waals surface area contributed by atoms with Gasteiger partial charge in [-0.2, -0.15) is 4.68 Å². The lowest BCUT2D eigenvalue weighted by atomic mass is 10.2. The SMILES string of the molecule is CCCN(CC(=O)Nc1cc(Cl)ccc1Cl)C(=O)Cn1nc(-c2ccccc2)oc1=O. The van der Waals surface area contributed by atoms with E-state index in [1.165, 1.54) is 11.0 Å². The van der Waals surface area contributed by atoms with Crippen molar-refractivity contribution < 1.29 is 14.0 Å². The van der Waals surface area contributed by atoms with Gasteiger partial charge in [-0.1, -0.05) is 48.3 Å². The van der Waals surface area contributed by atoms with Crippen LogP contribution in [0.5, 0.6) is 0 Å². The first-order valence-electron chi connectivity index (χ1n) is 9.53. The van der Waals surface area contributed by atoms with Crippen LogP contribution < -0.4 is 11.1 Å². The number of benzene rings is 2. The van der Waals surface area contributed by atoms with Gasteiger partial charge in [-0.25, -0.2) is 4.79 Å². The van der Waals surface area contributed by atoms with Crippen LogP contribution in [0.1, 0.15) is 13.3 Å². The highest BCUT2D eigenvalue weighted by atomic mass is 35.5. The van der Waals surface area contributed by atoms with Crippen LogP contribution >= 0.6 is 23.2 Å². The van der Waals surface area contributed by atoms with E-state index in [0.29, 0.717) is 34.3 Å². The molecule has 2 aromatic carbocycles. The number of rotatable bonds is 8. The molecule has 0 aliphatic heterocycles. The minimum atomic E-state index is -0.751. The first kappa shape index (κ1) is 22.6. The minimum Gasteiger partial charge on any atom is -0.388 e. The zero-order valence-corrected chi connectivity index (χ0v) is 18.2. The average molecular weight is 463 g/mol. The number of anilines is 1. The topological polar surface area (TPSA) is 97.4 Å². The van der Waals surface area contributed by atoms with Gasteiger partial charge in [-0.3, -0.25) is 9.59 Å². The van der Waals surface area contributed by atoms with Gasteiger partial charge in [0, 0.05) is 17.1 Å². The molecule has 0 bridgehead atoms. The van der Waals surface area contributed by atoms with Crippen LogP contribution in [0.15, 0.2) is 57.7 Å². The lowest BCUT2D eigenvalue weighted by Gasteiger charge is -2.21. The van der Waals surface area contributed by atoms with Crippen LogP contribution in [-0.4, -0.2) is 39.6 Å². The molecule has 0 aliphatic rings. The van der Waals surface area contributed by atoms with Gasteiger partial charge in [0.15, 0.2) is 0 Å². The lowest BCUT2D eigenvalue weighted by molar-refractivity contribution is -0.135. The summed E-state index contributed by atoms with van der Waals surface area (Å²) in [5.74, 6) is -1.51. The highest BCUT2D eigenvalue weighted by molar-refractivity contribution is 6.35. The second-order valence-electron chi connectivity index (χ2n) is 6.68. The standard InChI is InChI=1S/C21H20Cl2N4O4/c1-2-10-26(12-18(28)24-17-11-15(22)8-9-16(17)23)19(29)13-27-21(30)31-20(25-27)14-6-4-3-5-7-14/h3-9,11H,2,10,12-13H2,1H3,(H,24,28). The quantitative estimate of drug-likeness (QED) is 0.550. The van der Waals surface area contributed by atoms with Gasteiger partial charge in [-0.15, -0.1) is 5.10 Å². The Morgan fingerprint density at radius 1 is 1.16 bits per heavy atom. The van der Waals surface area contributed by atoms with Gasteiger partial charge in [0.05, 0.1) is 17.3 Å². The van der Waals surface area contributed by atoms with Crippen LogP contribution in [0.3, 0.4) is 0 Å². The molecule has 10 heteroatoms. The molecule has 0 unspecified atom stereocenters. The average Bonchev–Trinajstić information content (AvgIpc) is 3.11. The summed E-state index contributed by atoms with van der Waals surface area (Å²) in [7, 11) is 0. The Bertz CT molecular complexity index is 1130. The van der Waals surface area contributed by atoms with Crippen molar-refractivity contribution in [2.45, 2.75) is 19.9 Å². The number of nitrogens with zero attached hydrogens (tertiary/aromatic N) is 3. The summed E-state index contributed by atoms with van der Waals surface area (Å²) in [6, 6.07) is 13.6. The molecule has 0 aliphatic carbocycles. The molecule has 0 fully saturated rings. The van der Waals surface area contributed by atoms with Gasteiger partial charge in [0.1, 0.15) is 6.54 Å². The summed E-state index contributed by atoms with van der Waals surface area (Å²) in [6.07, 6.45) is 0.625. The van der Waals surface area contributed by atoms with E-state index >= 15 is 0 Å². The van der Waals surface area contributed by atoms with Gasteiger partial charge in [-0.05, 0) is 36.8 Å². The molecule has 3 aromatic rings. The molecule has 0 atom stereocenters. The van der Waals surface area contributed by atoms with E-state index in [4.69, 9.17) is 27.6 Å². The van der Waals surface area contributed by atoms with Gasteiger partial charge < -0.3 is 14.6 Å². The number of hydrogen-bond acceptors (Lipinski definition) is 5. The first-order chi connectivity index (χ1) is 14.9. The van der Waals surface area contributed by atoms with Crippen LogP contribution in [-0.2, 0) is 16.1 Å². The lowest BCUT2D eigenvalue weighted by Crippen LogP contribution is -2.41. The summed E-state index contributed by atoms with van der Waals surface area (Å²) in [5.41, 5.74) is 0.970. The van der Waals surface area contributed by atoms with Crippen LogP contribution in [0.25, 0.3) is 11.5 Å². The largest absolute Gasteiger partial charge is 0.437 e. The van der Waals surface area contributed by atoms with E-state index in [1.54, 1.807) is 36.4 Å². The fraction of sp³-hybridized carbons (Fsp3) is 0.238. The van der Waals surface area contributed by atoms with Crippen molar-refractivity contribution >= 4 is 40.7 Å². The van der Waals surface area contributed by atoms with Crippen molar-refractivity contribution in [2.24, 2.45) is 0 Å². The Kier molecular flexibility index (Phi) is 7.49. The van der Waals surface area contributed by atoms with Crippen molar-refractivity contribution in [2.75, 3.05) is 18.4 Å². The fourth-order valence-corrected chi connectivity index (χ4v) is 3.19. The molecule has 1 heterocycles. The summed E-state index contributed by atoms with van der Waals surface area (Å²) >= 11 is 12.0. The molecule has 0 spiro atoms. The van der Waals surface area contributed by atoms with Crippen molar-refractivity contribution in [3.63, 3.8) is 0 Å². The van der Waals surface area contributed by atoms with E-state index in [9.17, 15) is 14.4 Å². The predicted molar refractivity (Wildman–Crippen MR) is 118 cm³/mol. The van der Waals surface area contributed by atoms with Crippen molar-refractivity contribution in [1.82, 2.24) is 14.7 Å². The Morgan fingerprint density at radius 3 is 2.61 bits per heavy atom. The molecular weight excluding hydrogens is 443 g/mol. The number of carbonyl (C=O) groups is 2. The Morgan fingerprint density at radius 2 is 1.90 bits per heavy atom. The third kappa shape index (κ3) is 5.96. The number of carbonyl (C=O) groups excluding carboxylic acids is 2. The molecule has 2 amide bonds. The molecule has 0 radical (unpaired) electrons.